The zero-order valence-electron chi connectivity index (χ0n) is 14.9. The summed E-state index contributed by atoms with van der Waals surface area (Å²) in [6.07, 6.45) is 22.8. The SMILES string of the molecule is CCCCCC[CH2][Sn]([CH2]CCC)([CH2]CCC)[CH]1C=CC=C1. The van der Waals surface area contributed by atoms with Gasteiger partial charge in [0.25, 0.3) is 0 Å². The van der Waals surface area contributed by atoms with Crippen LogP contribution in [-0.2, 0) is 0 Å². The molecule has 0 aromatic carbocycles. The van der Waals surface area contributed by atoms with Gasteiger partial charge in [0.15, 0.2) is 0 Å². The molecule has 122 valence electrons. The summed E-state index contributed by atoms with van der Waals surface area (Å²) in [4.78, 5) is 0. The van der Waals surface area contributed by atoms with E-state index < -0.39 is 18.4 Å². The average Bonchev–Trinajstić information content (AvgIpc) is 3.04. The molecule has 0 nitrogen and oxygen atoms in total. The summed E-state index contributed by atoms with van der Waals surface area (Å²) in [5, 5.41) is 0. The molecule has 1 aliphatic carbocycles. The normalized spacial score (nSPS) is 15.2. The molecule has 0 aromatic heterocycles. The number of rotatable bonds is 13. The van der Waals surface area contributed by atoms with Crippen LogP contribution in [0.5, 0.6) is 0 Å². The van der Waals surface area contributed by atoms with Crippen LogP contribution in [0.25, 0.3) is 0 Å². The van der Waals surface area contributed by atoms with E-state index in [0.29, 0.717) is 0 Å². The van der Waals surface area contributed by atoms with E-state index in [2.05, 4.69) is 45.1 Å². The van der Waals surface area contributed by atoms with Gasteiger partial charge in [-0.15, -0.1) is 0 Å². The summed E-state index contributed by atoms with van der Waals surface area (Å²) in [5.74, 6) is 0. The zero-order chi connectivity index (χ0) is 15.4. The number of hydrogen-bond donors (Lipinski definition) is 0. The Morgan fingerprint density at radius 3 is 1.62 bits per heavy atom. The van der Waals surface area contributed by atoms with Gasteiger partial charge in [0.2, 0.25) is 0 Å². The molecule has 0 fully saturated rings. The summed E-state index contributed by atoms with van der Waals surface area (Å²) in [5.41, 5.74) is 0. The first-order valence-electron chi connectivity index (χ1n) is 9.64. The van der Waals surface area contributed by atoms with Crippen LogP contribution in [0.15, 0.2) is 24.3 Å². The molecule has 0 saturated carbocycles. The van der Waals surface area contributed by atoms with Crippen LogP contribution in [-0.4, -0.2) is 18.4 Å². The maximum atomic E-state index is 2.56. The van der Waals surface area contributed by atoms with Gasteiger partial charge < -0.3 is 0 Å². The van der Waals surface area contributed by atoms with Crippen LogP contribution < -0.4 is 0 Å². The van der Waals surface area contributed by atoms with Crippen molar-refractivity contribution in [1.29, 1.82) is 0 Å². The van der Waals surface area contributed by atoms with Gasteiger partial charge in [-0.3, -0.25) is 0 Å². The van der Waals surface area contributed by atoms with Crippen molar-refractivity contribution in [2.24, 2.45) is 0 Å². The summed E-state index contributed by atoms with van der Waals surface area (Å²) in [6.45, 7) is 7.07. The second-order valence-corrected chi connectivity index (χ2v) is 21.0. The average molecular weight is 397 g/mol. The van der Waals surface area contributed by atoms with Crippen molar-refractivity contribution in [1.82, 2.24) is 0 Å². The van der Waals surface area contributed by atoms with Crippen molar-refractivity contribution in [3.05, 3.63) is 24.3 Å². The van der Waals surface area contributed by atoms with Crippen molar-refractivity contribution in [2.75, 3.05) is 0 Å². The van der Waals surface area contributed by atoms with Gasteiger partial charge in [0.05, 0.1) is 0 Å². The van der Waals surface area contributed by atoms with E-state index in [1.165, 1.54) is 57.8 Å². The van der Waals surface area contributed by atoms with E-state index in [0.717, 1.165) is 3.93 Å². The van der Waals surface area contributed by atoms with Crippen molar-refractivity contribution >= 4 is 18.4 Å². The minimum absolute atomic E-state index is 0.920. The van der Waals surface area contributed by atoms with E-state index >= 15 is 0 Å². The number of allylic oxidation sites excluding steroid dienone is 4. The molecule has 0 spiro atoms. The van der Waals surface area contributed by atoms with Gasteiger partial charge >= 0.3 is 138 Å². The third kappa shape index (κ3) is 6.93. The van der Waals surface area contributed by atoms with E-state index in [9.17, 15) is 0 Å². The minimum atomic E-state index is -2.01. The molecule has 1 aliphatic rings. The first-order valence-corrected chi connectivity index (χ1v) is 17.3. The third-order valence-corrected chi connectivity index (χ3v) is 22.0. The molecule has 0 unspecified atom stereocenters. The third-order valence-electron chi connectivity index (χ3n) is 5.29. The Kier molecular flexibility index (Phi) is 10.9. The van der Waals surface area contributed by atoms with Crippen LogP contribution in [0.4, 0.5) is 0 Å². The maximum absolute atomic E-state index is 2.56. The monoisotopic (exact) mass is 398 g/mol. The molecule has 0 radical (unpaired) electrons. The predicted octanol–water partition coefficient (Wildman–Crippen LogP) is 7.50. The fraction of sp³-hybridized carbons (Fsp3) is 0.800. The van der Waals surface area contributed by atoms with Crippen molar-refractivity contribution < 1.29 is 0 Å². The van der Waals surface area contributed by atoms with E-state index in [1.807, 2.05) is 0 Å². The van der Waals surface area contributed by atoms with Crippen molar-refractivity contribution in [2.45, 2.75) is 95.8 Å². The topological polar surface area (TPSA) is 0 Å². The molecule has 0 aromatic rings. The molecule has 0 amide bonds. The van der Waals surface area contributed by atoms with Crippen molar-refractivity contribution in [3.63, 3.8) is 0 Å². The van der Waals surface area contributed by atoms with Crippen LogP contribution in [0, 0.1) is 0 Å². The number of unbranched alkanes of at least 4 members (excludes halogenated alkanes) is 6. The molecule has 0 heterocycles. The fourth-order valence-electron chi connectivity index (χ4n) is 3.85. The molecule has 0 N–H and O–H groups in total. The second kappa shape index (κ2) is 11.8. The second-order valence-electron chi connectivity index (χ2n) is 7.03. The predicted molar refractivity (Wildman–Crippen MR) is 101 cm³/mol. The van der Waals surface area contributed by atoms with Crippen LogP contribution in [0.2, 0.25) is 17.2 Å². The van der Waals surface area contributed by atoms with Gasteiger partial charge in [0, 0.05) is 0 Å². The summed E-state index contributed by atoms with van der Waals surface area (Å²) in [7, 11) is 0. The molecule has 0 aliphatic heterocycles. The van der Waals surface area contributed by atoms with Gasteiger partial charge in [-0.1, -0.05) is 0 Å². The van der Waals surface area contributed by atoms with Gasteiger partial charge in [-0.05, 0) is 0 Å². The van der Waals surface area contributed by atoms with Gasteiger partial charge in [-0.25, -0.2) is 0 Å². The first kappa shape index (κ1) is 19.3. The molecule has 1 rings (SSSR count). The Bertz CT molecular complexity index is 283. The zero-order valence-corrected chi connectivity index (χ0v) is 17.7. The Hall–Kier alpha value is 0.279. The molecule has 0 atom stereocenters. The molecule has 21 heavy (non-hydrogen) atoms. The Morgan fingerprint density at radius 1 is 0.619 bits per heavy atom. The van der Waals surface area contributed by atoms with Crippen LogP contribution >= 0.6 is 0 Å². The molecular formula is C20H38Sn. The van der Waals surface area contributed by atoms with Gasteiger partial charge in [0.1, 0.15) is 0 Å². The summed E-state index contributed by atoms with van der Waals surface area (Å²) >= 11 is -2.01. The van der Waals surface area contributed by atoms with Crippen LogP contribution in [0.1, 0.15) is 78.6 Å². The number of hydrogen-bond acceptors (Lipinski definition) is 0. The Labute approximate surface area is 138 Å². The summed E-state index contributed by atoms with van der Waals surface area (Å²) in [6, 6.07) is 0. The Morgan fingerprint density at radius 2 is 1.10 bits per heavy atom. The fourth-order valence-corrected chi connectivity index (χ4v) is 20.6. The standard InChI is InChI=1S/C7H15.C5H5.2C4H9.Sn/c1-3-5-7-6-4-2;1-2-4-5-3-1;2*1-3-4-2;/h1,3-7H2,2H3;1-5H;2*1,3-4H2,2H3;. The van der Waals surface area contributed by atoms with E-state index in [4.69, 9.17) is 0 Å². The van der Waals surface area contributed by atoms with E-state index in [-0.39, 0.29) is 0 Å². The molecule has 0 bridgehead atoms. The van der Waals surface area contributed by atoms with Gasteiger partial charge in [-0.2, -0.15) is 0 Å². The first-order chi connectivity index (χ1) is 10.3. The van der Waals surface area contributed by atoms with E-state index in [1.54, 1.807) is 13.3 Å². The molecule has 0 saturated heterocycles. The van der Waals surface area contributed by atoms with Crippen molar-refractivity contribution in [3.8, 4) is 0 Å². The van der Waals surface area contributed by atoms with Crippen LogP contribution in [0.3, 0.4) is 0 Å². The summed E-state index contributed by atoms with van der Waals surface area (Å²) < 4.78 is 5.84. The quantitative estimate of drug-likeness (QED) is 0.223. The molecular weight excluding hydrogens is 359 g/mol. The molecule has 1 heteroatoms. The Balaban J connectivity index is 2.63.